The summed E-state index contributed by atoms with van der Waals surface area (Å²) in [6.07, 6.45) is 1.23. The van der Waals surface area contributed by atoms with Crippen molar-refractivity contribution in [1.29, 1.82) is 0 Å². The maximum atomic E-state index is 13.0. The van der Waals surface area contributed by atoms with Crippen molar-refractivity contribution in [1.82, 2.24) is 9.97 Å². The molecule has 148 valence electrons. The molecule has 4 rings (SSSR count). The zero-order chi connectivity index (χ0) is 20.6. The molecule has 0 fully saturated rings. The molecule has 0 atom stereocenters. The van der Waals surface area contributed by atoms with E-state index in [-0.39, 0.29) is 11.2 Å². The first-order chi connectivity index (χ1) is 13.8. The lowest BCUT2D eigenvalue weighted by Gasteiger charge is -2.30. The van der Waals surface area contributed by atoms with Crippen molar-refractivity contribution in [3.8, 4) is 0 Å². The maximum absolute atomic E-state index is 13.0. The van der Waals surface area contributed by atoms with Crippen LogP contribution in [0.25, 0.3) is 0 Å². The van der Waals surface area contributed by atoms with Gasteiger partial charge in [0.15, 0.2) is 5.78 Å². The highest BCUT2D eigenvalue weighted by Crippen LogP contribution is 2.37. The van der Waals surface area contributed by atoms with Gasteiger partial charge in [-0.3, -0.25) is 4.79 Å². The molecule has 0 spiro atoms. The molecule has 1 aliphatic carbocycles. The zero-order valence-corrected chi connectivity index (χ0v) is 17.3. The third kappa shape index (κ3) is 4.29. The van der Waals surface area contributed by atoms with Crippen molar-refractivity contribution in [3.05, 3.63) is 70.9 Å². The first-order valence-electron chi connectivity index (χ1n) is 9.91. The second-order valence-corrected chi connectivity index (χ2v) is 8.65. The molecule has 5 nitrogen and oxygen atoms in total. The Bertz CT molecular complexity index is 1090. The number of benzene rings is 2. The molecular weight excluding hydrogens is 360 g/mol. The fraction of sp³-hybridized carbons (Fsp3) is 0.292. The summed E-state index contributed by atoms with van der Waals surface area (Å²) >= 11 is 0. The average Bonchev–Trinajstić information content (AvgIpc) is 2.60. The average molecular weight is 386 g/mol. The molecule has 1 aromatic heterocycles. The highest BCUT2D eigenvalue weighted by molar-refractivity contribution is 6.03. The van der Waals surface area contributed by atoms with Crippen molar-refractivity contribution in [3.63, 3.8) is 0 Å². The number of Topliss-reactive ketones (excluding diaryl/α,β-unsaturated/α-hetero) is 1. The van der Waals surface area contributed by atoms with Crippen LogP contribution < -0.4 is 10.6 Å². The Labute approximate surface area is 171 Å². The highest BCUT2D eigenvalue weighted by Gasteiger charge is 2.35. The van der Waals surface area contributed by atoms with E-state index in [0.717, 1.165) is 34.6 Å². The zero-order valence-electron chi connectivity index (χ0n) is 17.3. The number of carbonyl (C=O) groups is 1. The largest absolute Gasteiger partial charge is 0.339 e. The van der Waals surface area contributed by atoms with Gasteiger partial charge in [-0.25, -0.2) is 4.98 Å². The number of fused-ring (bicyclic) bond motifs is 1. The van der Waals surface area contributed by atoms with Crippen LogP contribution in [0.4, 0.5) is 23.1 Å². The number of anilines is 4. The van der Waals surface area contributed by atoms with Crippen LogP contribution in [-0.2, 0) is 6.42 Å². The van der Waals surface area contributed by atoms with E-state index in [1.807, 2.05) is 62.4 Å². The topological polar surface area (TPSA) is 66.9 Å². The van der Waals surface area contributed by atoms with Crippen LogP contribution in [0.5, 0.6) is 0 Å². The Balaban J connectivity index is 1.78. The van der Waals surface area contributed by atoms with Crippen molar-refractivity contribution in [2.75, 3.05) is 10.6 Å². The number of carbonyl (C=O) groups excluding carboxylic acids is 1. The third-order valence-corrected chi connectivity index (χ3v) is 5.10. The van der Waals surface area contributed by atoms with Crippen LogP contribution in [0.3, 0.4) is 0 Å². The van der Waals surface area contributed by atoms with E-state index in [1.165, 1.54) is 0 Å². The van der Waals surface area contributed by atoms with Crippen LogP contribution in [-0.4, -0.2) is 15.8 Å². The van der Waals surface area contributed by atoms with E-state index in [0.29, 0.717) is 23.8 Å². The van der Waals surface area contributed by atoms with Crippen molar-refractivity contribution >= 4 is 28.9 Å². The Hall–Kier alpha value is -3.21. The number of nitrogens with zero attached hydrogens (tertiary/aromatic N) is 2. The first-order valence-corrected chi connectivity index (χ1v) is 9.91. The maximum Gasteiger partial charge on any atom is 0.229 e. The summed E-state index contributed by atoms with van der Waals surface area (Å²) in [5.41, 5.74) is 5.43. The van der Waals surface area contributed by atoms with E-state index in [2.05, 4.69) is 29.5 Å². The number of aryl methyl sites for hydroxylation is 2. The van der Waals surface area contributed by atoms with Gasteiger partial charge in [0.1, 0.15) is 5.82 Å². The molecule has 0 saturated carbocycles. The summed E-state index contributed by atoms with van der Waals surface area (Å²) in [7, 11) is 0. The van der Waals surface area contributed by atoms with Gasteiger partial charge in [0, 0.05) is 17.8 Å². The van der Waals surface area contributed by atoms with Crippen LogP contribution in [0, 0.1) is 19.3 Å². The van der Waals surface area contributed by atoms with Crippen LogP contribution in [0.15, 0.2) is 48.5 Å². The highest BCUT2D eigenvalue weighted by atomic mass is 16.1. The van der Waals surface area contributed by atoms with Gasteiger partial charge >= 0.3 is 0 Å². The summed E-state index contributed by atoms with van der Waals surface area (Å²) in [5.74, 6) is 1.15. The minimum absolute atomic E-state index is 0.0912. The number of ketones is 1. The predicted molar refractivity (Wildman–Crippen MR) is 117 cm³/mol. The van der Waals surface area contributed by atoms with Crippen LogP contribution in [0.1, 0.15) is 47.4 Å². The molecule has 1 heterocycles. The Morgan fingerprint density at radius 2 is 1.48 bits per heavy atom. The van der Waals surface area contributed by atoms with Gasteiger partial charge in [-0.15, -0.1) is 0 Å². The summed E-state index contributed by atoms with van der Waals surface area (Å²) < 4.78 is 0. The van der Waals surface area contributed by atoms with Crippen molar-refractivity contribution in [2.24, 2.45) is 5.41 Å². The van der Waals surface area contributed by atoms with Gasteiger partial charge in [-0.2, -0.15) is 4.98 Å². The second-order valence-electron chi connectivity index (χ2n) is 8.65. The van der Waals surface area contributed by atoms with Gasteiger partial charge < -0.3 is 10.6 Å². The molecule has 0 unspecified atom stereocenters. The SMILES string of the molecule is Cc1cccc(Nc2nc3c(c(Nc4cccc(C)c4)n2)C(=O)CC(C)(C)C3)c1. The van der Waals surface area contributed by atoms with Gasteiger partial charge in [-0.1, -0.05) is 38.1 Å². The first kappa shape index (κ1) is 19.1. The molecule has 1 aliphatic rings. The smallest absolute Gasteiger partial charge is 0.229 e. The van der Waals surface area contributed by atoms with Crippen molar-refractivity contribution in [2.45, 2.75) is 40.5 Å². The number of hydrogen-bond acceptors (Lipinski definition) is 5. The Kier molecular flexibility index (Phi) is 4.82. The quantitative estimate of drug-likeness (QED) is 0.599. The number of nitrogens with one attached hydrogen (secondary N) is 2. The molecule has 29 heavy (non-hydrogen) atoms. The number of rotatable bonds is 4. The van der Waals surface area contributed by atoms with Crippen LogP contribution >= 0.6 is 0 Å². The molecule has 2 aromatic carbocycles. The minimum Gasteiger partial charge on any atom is -0.339 e. The van der Waals surface area contributed by atoms with E-state index in [9.17, 15) is 4.79 Å². The fourth-order valence-electron chi connectivity index (χ4n) is 3.82. The molecule has 3 aromatic rings. The monoisotopic (exact) mass is 386 g/mol. The van der Waals surface area contributed by atoms with Gasteiger partial charge in [0.25, 0.3) is 0 Å². The van der Waals surface area contributed by atoms with Gasteiger partial charge in [0.05, 0.1) is 11.3 Å². The number of aromatic nitrogens is 2. The molecule has 0 amide bonds. The summed E-state index contributed by atoms with van der Waals surface area (Å²) in [6, 6.07) is 16.1. The van der Waals surface area contributed by atoms with E-state index < -0.39 is 0 Å². The predicted octanol–water partition coefficient (Wildman–Crippen LogP) is 5.74. The van der Waals surface area contributed by atoms with Gasteiger partial charge in [0.2, 0.25) is 5.95 Å². The van der Waals surface area contributed by atoms with E-state index in [4.69, 9.17) is 4.98 Å². The van der Waals surface area contributed by atoms with Gasteiger partial charge in [-0.05, 0) is 61.1 Å². The summed E-state index contributed by atoms with van der Waals surface area (Å²) in [5, 5.41) is 6.66. The Morgan fingerprint density at radius 3 is 2.10 bits per heavy atom. The molecule has 0 bridgehead atoms. The molecule has 0 radical (unpaired) electrons. The normalized spacial score (nSPS) is 15.0. The lowest BCUT2D eigenvalue weighted by atomic mass is 9.75. The van der Waals surface area contributed by atoms with E-state index in [1.54, 1.807) is 0 Å². The molecule has 5 heteroatoms. The molecule has 0 aliphatic heterocycles. The van der Waals surface area contributed by atoms with E-state index >= 15 is 0 Å². The fourth-order valence-corrected chi connectivity index (χ4v) is 3.82. The third-order valence-electron chi connectivity index (χ3n) is 5.10. The minimum atomic E-state index is -0.111. The molecule has 0 saturated heterocycles. The van der Waals surface area contributed by atoms with Crippen LogP contribution in [0.2, 0.25) is 0 Å². The van der Waals surface area contributed by atoms with Crippen molar-refractivity contribution < 1.29 is 4.79 Å². The number of hydrogen-bond donors (Lipinski definition) is 2. The standard InChI is InChI=1S/C24H26N4O/c1-15-7-5-9-17(11-15)25-22-21-19(13-24(3,4)14-20(21)29)27-23(28-22)26-18-10-6-8-16(2)12-18/h5-12H,13-14H2,1-4H3,(H2,25,26,27,28). The summed E-state index contributed by atoms with van der Waals surface area (Å²) in [6.45, 7) is 8.30. The lowest BCUT2D eigenvalue weighted by Crippen LogP contribution is -2.29. The second kappa shape index (κ2) is 7.32. The lowest BCUT2D eigenvalue weighted by molar-refractivity contribution is 0.0911. The molecular formula is C24H26N4O. The molecule has 2 N–H and O–H groups in total. The summed E-state index contributed by atoms with van der Waals surface area (Å²) in [4.78, 5) is 22.4. The Morgan fingerprint density at radius 1 is 0.862 bits per heavy atom.